The number of benzene rings is 1. The minimum absolute atomic E-state index is 0.0247. The monoisotopic (exact) mass is 449 g/mol. The first-order chi connectivity index (χ1) is 14.5. The molecule has 4 fully saturated rings. The van der Waals surface area contributed by atoms with Crippen LogP contribution in [0.4, 0.5) is 0 Å². The van der Waals surface area contributed by atoms with Crippen LogP contribution in [-0.2, 0) is 4.74 Å². The zero-order valence-corrected chi connectivity index (χ0v) is 18.5. The smallest absolute Gasteiger partial charge is 0.336 e. The van der Waals surface area contributed by atoms with E-state index in [4.69, 9.17) is 32.7 Å². The lowest BCUT2D eigenvalue weighted by Crippen LogP contribution is -2.51. The molecule has 0 radical (unpaired) electrons. The summed E-state index contributed by atoms with van der Waals surface area (Å²) in [6.07, 6.45) is 6.66. The Morgan fingerprint density at radius 2 is 1.80 bits per heavy atom. The molecule has 4 bridgehead atoms. The molecule has 0 unspecified atom stereocenters. The molecule has 8 heteroatoms. The van der Waals surface area contributed by atoms with Crippen LogP contribution in [-0.4, -0.2) is 41.0 Å². The highest BCUT2D eigenvalue weighted by Crippen LogP contribution is 2.60. The maximum atomic E-state index is 13.9. The van der Waals surface area contributed by atoms with Crippen molar-refractivity contribution in [2.24, 2.45) is 23.2 Å². The fraction of sp³-hybridized carbons (Fsp3) is 0.591. The quantitative estimate of drug-likeness (QED) is 0.571. The Labute approximate surface area is 185 Å². The second-order valence-corrected chi connectivity index (χ2v) is 9.94. The molecular formula is C22H25Cl2N3O3. The van der Waals surface area contributed by atoms with Gasteiger partial charge in [-0.2, -0.15) is 9.67 Å². The van der Waals surface area contributed by atoms with E-state index in [9.17, 15) is 4.79 Å². The van der Waals surface area contributed by atoms with Gasteiger partial charge < -0.3 is 9.47 Å². The van der Waals surface area contributed by atoms with Crippen LogP contribution in [0.25, 0.3) is 11.4 Å². The molecule has 0 aliphatic heterocycles. The predicted molar refractivity (Wildman–Crippen MR) is 114 cm³/mol. The van der Waals surface area contributed by atoms with Gasteiger partial charge in [-0.3, -0.25) is 4.79 Å². The van der Waals surface area contributed by atoms with Crippen LogP contribution in [0, 0.1) is 23.2 Å². The van der Waals surface area contributed by atoms with Crippen LogP contribution < -0.4 is 4.74 Å². The molecule has 0 saturated heterocycles. The number of ether oxygens (including phenoxy) is 2. The normalized spacial score (nSPS) is 29.4. The van der Waals surface area contributed by atoms with Crippen molar-refractivity contribution in [3.63, 3.8) is 0 Å². The Balaban J connectivity index is 1.54. The summed E-state index contributed by atoms with van der Waals surface area (Å²) in [7, 11) is 1.60. The first-order valence-corrected chi connectivity index (χ1v) is 11.3. The van der Waals surface area contributed by atoms with Crippen molar-refractivity contribution >= 4 is 29.1 Å². The van der Waals surface area contributed by atoms with Gasteiger partial charge in [0.2, 0.25) is 0 Å². The van der Waals surface area contributed by atoms with Gasteiger partial charge in [-0.1, -0.05) is 23.2 Å². The van der Waals surface area contributed by atoms with Gasteiger partial charge >= 0.3 is 6.01 Å². The topological polar surface area (TPSA) is 66.2 Å². The first kappa shape index (κ1) is 20.3. The van der Waals surface area contributed by atoms with Gasteiger partial charge in [-0.05, 0) is 74.5 Å². The number of hydrogen-bond acceptors (Lipinski definition) is 5. The van der Waals surface area contributed by atoms with Crippen LogP contribution in [0.2, 0.25) is 10.0 Å². The lowest BCUT2D eigenvalue weighted by Gasteiger charge is -2.55. The molecule has 160 valence electrons. The van der Waals surface area contributed by atoms with Crippen molar-refractivity contribution in [2.75, 3.05) is 20.3 Å². The van der Waals surface area contributed by atoms with E-state index >= 15 is 0 Å². The fourth-order valence-corrected chi connectivity index (χ4v) is 6.65. The standard InChI is InChI=1S/C22H25Cl2N3O3/c1-29-4-5-30-21-25-19(17-3-2-16(23)9-18(17)24)27(26-21)20(28)22-10-13-6-14(11-22)8-15(7-13)12-22/h2-3,9,13-15H,4-8,10-12H2,1H3. The third-order valence-electron chi connectivity index (χ3n) is 6.96. The number of carbonyl (C=O) groups excluding carboxylic acids is 1. The van der Waals surface area contributed by atoms with E-state index in [0.717, 1.165) is 19.3 Å². The number of carbonyl (C=O) groups is 1. The number of aromatic nitrogens is 3. The highest BCUT2D eigenvalue weighted by Gasteiger charge is 2.55. The summed E-state index contributed by atoms with van der Waals surface area (Å²) in [5, 5.41) is 5.42. The summed E-state index contributed by atoms with van der Waals surface area (Å²) in [5.41, 5.74) is 0.271. The molecule has 6 rings (SSSR count). The second kappa shape index (κ2) is 7.81. The van der Waals surface area contributed by atoms with Crippen molar-refractivity contribution < 1.29 is 14.3 Å². The van der Waals surface area contributed by atoms with Crippen molar-refractivity contribution in [2.45, 2.75) is 38.5 Å². The van der Waals surface area contributed by atoms with Crippen molar-refractivity contribution in [3.8, 4) is 17.4 Å². The molecule has 4 aliphatic rings. The zero-order chi connectivity index (χ0) is 20.9. The molecule has 0 N–H and O–H groups in total. The summed E-state index contributed by atoms with van der Waals surface area (Å²) in [6.45, 7) is 0.717. The highest BCUT2D eigenvalue weighted by atomic mass is 35.5. The summed E-state index contributed by atoms with van der Waals surface area (Å²) in [5.74, 6) is 2.40. The van der Waals surface area contributed by atoms with Gasteiger partial charge in [0, 0.05) is 17.7 Å². The molecule has 1 aromatic carbocycles. The Morgan fingerprint density at radius 1 is 1.13 bits per heavy atom. The minimum atomic E-state index is -0.347. The Morgan fingerprint density at radius 3 is 2.40 bits per heavy atom. The number of rotatable bonds is 6. The van der Waals surface area contributed by atoms with Crippen molar-refractivity contribution in [1.29, 1.82) is 0 Å². The molecule has 0 spiro atoms. The fourth-order valence-electron chi connectivity index (χ4n) is 6.15. The van der Waals surface area contributed by atoms with Gasteiger partial charge in [0.1, 0.15) is 6.61 Å². The van der Waals surface area contributed by atoms with E-state index in [1.54, 1.807) is 25.3 Å². The van der Waals surface area contributed by atoms with Crippen LogP contribution in [0.1, 0.15) is 43.3 Å². The number of methoxy groups -OCH3 is 1. The van der Waals surface area contributed by atoms with Crippen molar-refractivity contribution in [3.05, 3.63) is 28.2 Å². The maximum absolute atomic E-state index is 13.9. The molecular weight excluding hydrogens is 425 g/mol. The summed E-state index contributed by atoms with van der Waals surface area (Å²) < 4.78 is 12.1. The Bertz CT molecular complexity index is 939. The number of halogens is 2. The average molecular weight is 450 g/mol. The summed E-state index contributed by atoms with van der Waals surface area (Å²) >= 11 is 12.5. The van der Waals surface area contributed by atoms with E-state index < -0.39 is 0 Å². The van der Waals surface area contributed by atoms with E-state index in [0.29, 0.717) is 52.4 Å². The largest absolute Gasteiger partial charge is 0.460 e. The molecule has 0 amide bonds. The molecule has 1 heterocycles. The highest BCUT2D eigenvalue weighted by molar-refractivity contribution is 6.36. The van der Waals surface area contributed by atoms with Crippen LogP contribution in [0.5, 0.6) is 6.01 Å². The van der Waals surface area contributed by atoms with E-state index in [1.807, 2.05) is 0 Å². The van der Waals surface area contributed by atoms with Crippen LogP contribution in [0.15, 0.2) is 18.2 Å². The molecule has 0 atom stereocenters. The number of nitrogens with zero attached hydrogens (tertiary/aromatic N) is 3. The van der Waals surface area contributed by atoms with E-state index in [1.165, 1.54) is 23.9 Å². The minimum Gasteiger partial charge on any atom is -0.460 e. The molecule has 4 aliphatic carbocycles. The molecule has 30 heavy (non-hydrogen) atoms. The van der Waals surface area contributed by atoms with Crippen LogP contribution in [0.3, 0.4) is 0 Å². The van der Waals surface area contributed by atoms with Crippen LogP contribution >= 0.6 is 23.2 Å². The van der Waals surface area contributed by atoms with Gasteiger partial charge in [0.15, 0.2) is 5.82 Å². The van der Waals surface area contributed by atoms with Gasteiger partial charge in [0.05, 0.1) is 17.0 Å². The predicted octanol–water partition coefficient (Wildman–Crippen LogP) is 5.13. The summed E-state index contributed by atoms with van der Waals surface area (Å²) in [6, 6.07) is 5.32. The Hall–Kier alpha value is -1.63. The van der Waals surface area contributed by atoms with E-state index in [2.05, 4.69) is 10.1 Å². The van der Waals surface area contributed by atoms with Gasteiger partial charge in [-0.15, -0.1) is 5.10 Å². The van der Waals surface area contributed by atoms with Gasteiger partial charge in [-0.25, -0.2) is 0 Å². The second-order valence-electron chi connectivity index (χ2n) is 9.10. The Kier molecular flexibility index (Phi) is 5.28. The summed E-state index contributed by atoms with van der Waals surface area (Å²) in [4.78, 5) is 18.4. The SMILES string of the molecule is COCCOc1nc(-c2ccc(Cl)cc2Cl)n(C(=O)C23CC4CC(CC(C4)C2)C3)n1. The lowest BCUT2D eigenvalue weighted by molar-refractivity contribution is -0.0408. The zero-order valence-electron chi connectivity index (χ0n) is 16.9. The molecule has 4 saturated carbocycles. The molecule has 2 aromatic rings. The first-order valence-electron chi connectivity index (χ1n) is 10.6. The van der Waals surface area contributed by atoms with E-state index in [-0.39, 0.29) is 17.3 Å². The lowest BCUT2D eigenvalue weighted by atomic mass is 9.49. The number of hydrogen-bond donors (Lipinski definition) is 0. The maximum Gasteiger partial charge on any atom is 0.336 e. The van der Waals surface area contributed by atoms with Crippen molar-refractivity contribution in [1.82, 2.24) is 14.8 Å². The molecule has 1 aromatic heterocycles. The molecule has 6 nitrogen and oxygen atoms in total. The third-order valence-corrected chi connectivity index (χ3v) is 7.51. The average Bonchev–Trinajstić information content (AvgIpc) is 3.10. The van der Waals surface area contributed by atoms with Gasteiger partial charge in [0.25, 0.3) is 5.91 Å². The third kappa shape index (κ3) is 3.53.